The van der Waals surface area contributed by atoms with Crippen molar-refractivity contribution >= 4 is 11.7 Å². The zero-order chi connectivity index (χ0) is 18.6. The molecule has 0 saturated carbocycles. The van der Waals surface area contributed by atoms with E-state index < -0.39 is 16.3 Å². The minimum atomic E-state index is -0.526. The van der Waals surface area contributed by atoms with Gasteiger partial charge in [-0.15, -0.1) is 0 Å². The largest absolute Gasteiger partial charge is 0.459 e. The third kappa shape index (κ3) is 6.06. The Morgan fingerprint density at radius 2 is 1.84 bits per heavy atom. The fraction of sp³-hybridized carbons (Fsp3) is 0.588. The van der Waals surface area contributed by atoms with Gasteiger partial charge in [-0.1, -0.05) is 0 Å². The molecule has 2 rings (SSSR count). The number of nitro benzene ring substituents is 1. The van der Waals surface area contributed by atoms with E-state index in [1.165, 1.54) is 6.07 Å². The van der Waals surface area contributed by atoms with Gasteiger partial charge in [-0.05, 0) is 26.8 Å². The van der Waals surface area contributed by atoms with E-state index in [0.717, 1.165) is 12.1 Å². The lowest BCUT2D eigenvalue weighted by Gasteiger charge is -2.34. The lowest BCUT2D eigenvalue weighted by molar-refractivity contribution is -0.385. The normalized spacial score (nSPS) is 16.6. The second-order valence-corrected chi connectivity index (χ2v) is 7.17. The highest BCUT2D eigenvalue weighted by Crippen LogP contribution is 2.19. The van der Waals surface area contributed by atoms with Gasteiger partial charge in [0.25, 0.3) is 5.69 Å². The van der Waals surface area contributed by atoms with Crippen molar-refractivity contribution in [1.82, 2.24) is 9.80 Å². The number of hydrogen-bond donors (Lipinski definition) is 0. The standard InChI is InChI=1S/C17H24FN3O4/c1-17(2,3)25-16(22)12-20-8-6-19(7-9-20)11-13-10-14(21(23)24)4-5-15(13)18/h4-5,10H,6-9,11-12H2,1-3H3. The highest BCUT2D eigenvalue weighted by molar-refractivity contribution is 5.72. The third-order valence-electron chi connectivity index (χ3n) is 3.87. The number of non-ortho nitro benzene ring substituents is 1. The minimum absolute atomic E-state index is 0.111. The number of piperazine rings is 1. The van der Waals surface area contributed by atoms with Crippen LogP contribution in [0.1, 0.15) is 26.3 Å². The molecule has 1 heterocycles. The Balaban J connectivity index is 1.86. The lowest BCUT2D eigenvalue weighted by atomic mass is 10.1. The lowest BCUT2D eigenvalue weighted by Crippen LogP contribution is -2.48. The summed E-state index contributed by atoms with van der Waals surface area (Å²) in [5.41, 5.74) is -0.298. The molecule has 0 spiro atoms. The van der Waals surface area contributed by atoms with Crippen LogP contribution in [0.25, 0.3) is 0 Å². The van der Waals surface area contributed by atoms with E-state index in [1.807, 2.05) is 30.6 Å². The minimum Gasteiger partial charge on any atom is -0.459 e. The molecule has 0 bridgehead atoms. The van der Waals surface area contributed by atoms with Crippen LogP contribution in [0, 0.1) is 15.9 Å². The van der Waals surface area contributed by atoms with Crippen LogP contribution in [0.2, 0.25) is 0 Å². The van der Waals surface area contributed by atoms with Gasteiger partial charge in [-0.2, -0.15) is 0 Å². The Bertz CT molecular complexity index is 637. The summed E-state index contributed by atoms with van der Waals surface area (Å²) in [4.78, 5) is 26.2. The van der Waals surface area contributed by atoms with Gasteiger partial charge in [0.05, 0.1) is 11.5 Å². The maximum absolute atomic E-state index is 13.9. The predicted molar refractivity (Wildman–Crippen MR) is 90.6 cm³/mol. The number of nitro groups is 1. The third-order valence-corrected chi connectivity index (χ3v) is 3.87. The highest BCUT2D eigenvalue weighted by atomic mass is 19.1. The topological polar surface area (TPSA) is 75.9 Å². The molecule has 0 radical (unpaired) electrons. The Kier molecular flexibility index (Phi) is 6.07. The molecule has 0 aromatic heterocycles. The van der Waals surface area contributed by atoms with E-state index in [4.69, 9.17) is 4.74 Å². The summed E-state index contributed by atoms with van der Waals surface area (Å²) in [6.45, 7) is 8.68. The number of carbonyl (C=O) groups is 1. The molecule has 1 aliphatic heterocycles. The molecule has 1 saturated heterocycles. The number of nitrogens with zero attached hydrogens (tertiary/aromatic N) is 3. The number of esters is 1. The van der Waals surface area contributed by atoms with Crippen molar-refractivity contribution in [2.45, 2.75) is 32.9 Å². The SMILES string of the molecule is CC(C)(C)OC(=O)CN1CCN(Cc2cc([N+](=O)[O-])ccc2F)CC1. The maximum atomic E-state index is 13.9. The molecule has 0 atom stereocenters. The number of hydrogen-bond acceptors (Lipinski definition) is 6. The predicted octanol–water partition coefficient (Wildman–Crippen LogP) is 2.19. The Labute approximate surface area is 146 Å². The Morgan fingerprint density at radius 3 is 2.40 bits per heavy atom. The Morgan fingerprint density at radius 1 is 1.24 bits per heavy atom. The van der Waals surface area contributed by atoms with Crippen molar-refractivity contribution in [2.24, 2.45) is 0 Å². The zero-order valence-electron chi connectivity index (χ0n) is 14.8. The summed E-state index contributed by atoms with van der Waals surface area (Å²) >= 11 is 0. The quantitative estimate of drug-likeness (QED) is 0.459. The first kappa shape index (κ1) is 19.3. The Hall–Kier alpha value is -2.06. The molecule has 25 heavy (non-hydrogen) atoms. The van der Waals surface area contributed by atoms with Gasteiger partial charge < -0.3 is 4.74 Å². The summed E-state index contributed by atoms with van der Waals surface area (Å²) in [6, 6.07) is 3.58. The first-order valence-electron chi connectivity index (χ1n) is 8.23. The first-order valence-corrected chi connectivity index (χ1v) is 8.23. The van der Waals surface area contributed by atoms with Crippen LogP contribution in [-0.4, -0.2) is 59.0 Å². The molecule has 1 fully saturated rings. The van der Waals surface area contributed by atoms with Crippen molar-refractivity contribution < 1.29 is 18.8 Å². The van der Waals surface area contributed by atoms with Crippen molar-refractivity contribution in [3.63, 3.8) is 0 Å². The molecule has 7 nitrogen and oxygen atoms in total. The monoisotopic (exact) mass is 353 g/mol. The van der Waals surface area contributed by atoms with Gasteiger partial charge in [0.15, 0.2) is 0 Å². The summed E-state index contributed by atoms with van der Waals surface area (Å²) in [6.07, 6.45) is 0. The number of carbonyl (C=O) groups excluding carboxylic acids is 1. The molecule has 8 heteroatoms. The molecule has 0 unspecified atom stereocenters. The fourth-order valence-electron chi connectivity index (χ4n) is 2.70. The summed E-state index contributed by atoms with van der Waals surface area (Å²) < 4.78 is 19.2. The van der Waals surface area contributed by atoms with Crippen LogP contribution in [0.3, 0.4) is 0 Å². The highest BCUT2D eigenvalue weighted by Gasteiger charge is 2.23. The number of rotatable bonds is 5. The van der Waals surface area contributed by atoms with Gasteiger partial charge in [0, 0.05) is 50.4 Å². The van der Waals surface area contributed by atoms with Gasteiger partial charge in [0.1, 0.15) is 11.4 Å². The van der Waals surface area contributed by atoms with Crippen LogP contribution in [0.5, 0.6) is 0 Å². The smallest absolute Gasteiger partial charge is 0.320 e. The van der Waals surface area contributed by atoms with E-state index in [2.05, 4.69) is 0 Å². The van der Waals surface area contributed by atoms with Crippen LogP contribution in [0.4, 0.5) is 10.1 Å². The molecule has 0 amide bonds. The summed E-state index contributed by atoms with van der Waals surface area (Å²) in [5, 5.41) is 10.8. The number of halogens is 1. The molecule has 138 valence electrons. The molecule has 0 N–H and O–H groups in total. The van der Waals surface area contributed by atoms with E-state index in [1.54, 1.807) is 0 Å². The van der Waals surface area contributed by atoms with E-state index in [0.29, 0.717) is 38.3 Å². The average Bonchev–Trinajstić information content (AvgIpc) is 2.49. The second kappa shape index (κ2) is 7.88. The molecule has 0 aliphatic carbocycles. The van der Waals surface area contributed by atoms with Crippen molar-refractivity contribution in [3.05, 3.63) is 39.7 Å². The van der Waals surface area contributed by atoms with E-state index in [-0.39, 0.29) is 18.2 Å². The van der Waals surface area contributed by atoms with Crippen molar-refractivity contribution in [2.75, 3.05) is 32.7 Å². The second-order valence-electron chi connectivity index (χ2n) is 7.17. The van der Waals surface area contributed by atoms with Crippen LogP contribution in [-0.2, 0) is 16.1 Å². The van der Waals surface area contributed by atoms with Gasteiger partial charge in [0.2, 0.25) is 0 Å². The molecular formula is C17H24FN3O4. The van der Waals surface area contributed by atoms with Crippen LogP contribution in [0.15, 0.2) is 18.2 Å². The summed E-state index contributed by atoms with van der Waals surface area (Å²) in [7, 11) is 0. The number of ether oxygens (including phenoxy) is 1. The zero-order valence-corrected chi connectivity index (χ0v) is 14.8. The van der Waals surface area contributed by atoms with Gasteiger partial charge in [-0.3, -0.25) is 24.7 Å². The van der Waals surface area contributed by atoms with E-state index >= 15 is 0 Å². The fourth-order valence-corrected chi connectivity index (χ4v) is 2.70. The average molecular weight is 353 g/mol. The maximum Gasteiger partial charge on any atom is 0.320 e. The van der Waals surface area contributed by atoms with Crippen LogP contribution >= 0.6 is 0 Å². The molecular weight excluding hydrogens is 329 g/mol. The van der Waals surface area contributed by atoms with E-state index in [9.17, 15) is 19.3 Å². The first-order chi connectivity index (χ1) is 11.6. The van der Waals surface area contributed by atoms with Gasteiger partial charge >= 0.3 is 5.97 Å². The molecule has 1 aliphatic rings. The number of benzene rings is 1. The van der Waals surface area contributed by atoms with Crippen molar-refractivity contribution in [1.29, 1.82) is 0 Å². The van der Waals surface area contributed by atoms with Crippen LogP contribution < -0.4 is 0 Å². The molecule has 1 aromatic rings. The van der Waals surface area contributed by atoms with Gasteiger partial charge in [-0.25, -0.2) is 4.39 Å². The summed E-state index contributed by atoms with van der Waals surface area (Å²) in [5.74, 6) is -0.701. The van der Waals surface area contributed by atoms with Crippen molar-refractivity contribution in [3.8, 4) is 0 Å². The molecule has 1 aromatic carbocycles.